The van der Waals surface area contributed by atoms with E-state index in [1.165, 1.54) is 0 Å². The normalized spacial score (nSPS) is 15.3. The van der Waals surface area contributed by atoms with Gasteiger partial charge in [0.2, 0.25) is 5.91 Å². The number of morpholine rings is 1. The third-order valence-corrected chi connectivity index (χ3v) is 3.14. The Balaban J connectivity index is 2.05. The molecule has 5 nitrogen and oxygen atoms in total. The van der Waals surface area contributed by atoms with E-state index in [-0.39, 0.29) is 5.91 Å². The van der Waals surface area contributed by atoms with Crippen LogP contribution in [0.25, 0.3) is 0 Å². The van der Waals surface area contributed by atoms with Crippen molar-refractivity contribution in [3.8, 4) is 0 Å². The highest BCUT2D eigenvalue weighted by atomic mass is 16.5. The number of anilines is 2. The SMILES string of the molecule is NCCCC(=O)Nc1ccccc1N1CCOCC1. The first-order valence-corrected chi connectivity index (χ1v) is 6.73. The molecule has 0 aromatic heterocycles. The molecule has 0 saturated carbocycles. The molecule has 5 heteroatoms. The number of rotatable bonds is 5. The smallest absolute Gasteiger partial charge is 0.224 e. The number of amides is 1. The highest BCUT2D eigenvalue weighted by Crippen LogP contribution is 2.26. The van der Waals surface area contributed by atoms with Crippen LogP contribution in [0.5, 0.6) is 0 Å². The summed E-state index contributed by atoms with van der Waals surface area (Å²) in [5.41, 5.74) is 7.34. The molecule has 3 N–H and O–H groups in total. The van der Waals surface area contributed by atoms with Gasteiger partial charge >= 0.3 is 0 Å². The molecule has 1 aromatic rings. The lowest BCUT2D eigenvalue weighted by Gasteiger charge is -2.30. The van der Waals surface area contributed by atoms with Crippen LogP contribution < -0.4 is 16.0 Å². The Bertz CT molecular complexity index is 417. The molecule has 1 aliphatic rings. The highest BCUT2D eigenvalue weighted by Gasteiger charge is 2.15. The highest BCUT2D eigenvalue weighted by molar-refractivity contribution is 5.94. The maximum Gasteiger partial charge on any atom is 0.224 e. The van der Waals surface area contributed by atoms with Crippen LogP contribution in [-0.4, -0.2) is 38.8 Å². The number of ether oxygens (including phenoxy) is 1. The molecule has 2 rings (SSSR count). The molecule has 0 spiro atoms. The predicted molar refractivity (Wildman–Crippen MR) is 76.4 cm³/mol. The lowest BCUT2D eigenvalue weighted by molar-refractivity contribution is -0.116. The van der Waals surface area contributed by atoms with Crippen LogP contribution in [0.4, 0.5) is 11.4 Å². The lowest BCUT2D eigenvalue weighted by atomic mass is 10.2. The van der Waals surface area contributed by atoms with Gasteiger partial charge in [0.15, 0.2) is 0 Å². The van der Waals surface area contributed by atoms with E-state index in [1.807, 2.05) is 24.3 Å². The fraction of sp³-hybridized carbons (Fsp3) is 0.500. The predicted octanol–water partition coefficient (Wildman–Crippen LogP) is 1.20. The standard InChI is InChI=1S/C14H21N3O2/c15-7-3-6-14(18)16-12-4-1-2-5-13(12)17-8-10-19-11-9-17/h1-2,4-5H,3,6-11,15H2,(H,16,18). The van der Waals surface area contributed by atoms with E-state index in [4.69, 9.17) is 10.5 Å². The number of nitrogens with one attached hydrogen (secondary N) is 1. The molecular weight excluding hydrogens is 242 g/mol. The fourth-order valence-corrected chi connectivity index (χ4v) is 2.13. The van der Waals surface area contributed by atoms with Crippen molar-refractivity contribution in [3.63, 3.8) is 0 Å². The largest absolute Gasteiger partial charge is 0.378 e. The monoisotopic (exact) mass is 263 g/mol. The molecule has 0 bridgehead atoms. The number of carbonyl (C=O) groups excluding carboxylic acids is 1. The molecule has 1 heterocycles. The van der Waals surface area contributed by atoms with Crippen LogP contribution in [0.1, 0.15) is 12.8 Å². The maximum atomic E-state index is 11.8. The van der Waals surface area contributed by atoms with E-state index in [9.17, 15) is 4.79 Å². The summed E-state index contributed by atoms with van der Waals surface area (Å²) in [5, 5.41) is 2.97. The Labute approximate surface area is 113 Å². The quantitative estimate of drug-likeness (QED) is 0.837. The van der Waals surface area contributed by atoms with Gasteiger partial charge in [-0.25, -0.2) is 0 Å². The van der Waals surface area contributed by atoms with E-state index in [1.54, 1.807) is 0 Å². The van der Waals surface area contributed by atoms with Crippen molar-refractivity contribution in [2.45, 2.75) is 12.8 Å². The van der Waals surface area contributed by atoms with Crippen LogP contribution in [0, 0.1) is 0 Å². The molecular formula is C14H21N3O2. The molecule has 1 fully saturated rings. The van der Waals surface area contributed by atoms with Crippen LogP contribution >= 0.6 is 0 Å². The van der Waals surface area contributed by atoms with Gasteiger partial charge in [0, 0.05) is 19.5 Å². The average Bonchev–Trinajstić information content (AvgIpc) is 2.46. The van der Waals surface area contributed by atoms with Gasteiger partial charge in [0.25, 0.3) is 0 Å². The van der Waals surface area contributed by atoms with Crippen LogP contribution in [0.2, 0.25) is 0 Å². The second-order valence-electron chi connectivity index (χ2n) is 4.56. The third-order valence-electron chi connectivity index (χ3n) is 3.14. The first-order valence-electron chi connectivity index (χ1n) is 6.73. The minimum Gasteiger partial charge on any atom is -0.378 e. The Kier molecular flexibility index (Phi) is 5.18. The van der Waals surface area contributed by atoms with E-state index in [2.05, 4.69) is 10.2 Å². The molecule has 19 heavy (non-hydrogen) atoms. The molecule has 0 aliphatic carbocycles. The minimum absolute atomic E-state index is 0.0196. The summed E-state index contributed by atoms with van der Waals surface area (Å²) in [6.07, 6.45) is 1.18. The van der Waals surface area contributed by atoms with E-state index in [0.717, 1.165) is 37.7 Å². The van der Waals surface area contributed by atoms with Crippen molar-refractivity contribution in [1.29, 1.82) is 0 Å². The Morgan fingerprint density at radius 3 is 2.79 bits per heavy atom. The Hall–Kier alpha value is -1.59. The zero-order chi connectivity index (χ0) is 13.5. The summed E-state index contributed by atoms with van der Waals surface area (Å²) in [4.78, 5) is 14.0. The lowest BCUT2D eigenvalue weighted by Crippen LogP contribution is -2.36. The first kappa shape index (κ1) is 13.8. The van der Waals surface area contributed by atoms with Gasteiger partial charge in [-0.05, 0) is 25.1 Å². The maximum absolute atomic E-state index is 11.8. The molecule has 1 aliphatic heterocycles. The molecule has 0 atom stereocenters. The van der Waals surface area contributed by atoms with Crippen LogP contribution in [-0.2, 0) is 9.53 Å². The van der Waals surface area contributed by atoms with Crippen molar-refractivity contribution in [2.75, 3.05) is 43.1 Å². The van der Waals surface area contributed by atoms with E-state index in [0.29, 0.717) is 19.4 Å². The van der Waals surface area contributed by atoms with E-state index >= 15 is 0 Å². The number of nitrogens with two attached hydrogens (primary N) is 1. The van der Waals surface area contributed by atoms with Gasteiger partial charge < -0.3 is 20.7 Å². The topological polar surface area (TPSA) is 67.6 Å². The van der Waals surface area contributed by atoms with E-state index < -0.39 is 0 Å². The summed E-state index contributed by atoms with van der Waals surface area (Å²) in [5.74, 6) is 0.0196. The fourth-order valence-electron chi connectivity index (χ4n) is 2.13. The van der Waals surface area contributed by atoms with Crippen molar-refractivity contribution >= 4 is 17.3 Å². The molecule has 1 aromatic carbocycles. The second-order valence-corrected chi connectivity index (χ2v) is 4.56. The van der Waals surface area contributed by atoms with Gasteiger partial charge in [-0.3, -0.25) is 4.79 Å². The zero-order valence-corrected chi connectivity index (χ0v) is 11.1. The van der Waals surface area contributed by atoms with Gasteiger partial charge in [0.1, 0.15) is 0 Å². The summed E-state index contributed by atoms with van der Waals surface area (Å²) in [6, 6.07) is 7.89. The summed E-state index contributed by atoms with van der Waals surface area (Å²) < 4.78 is 5.35. The molecule has 104 valence electrons. The van der Waals surface area contributed by atoms with Crippen molar-refractivity contribution in [1.82, 2.24) is 0 Å². The second kappa shape index (κ2) is 7.11. The van der Waals surface area contributed by atoms with Gasteiger partial charge in [-0.1, -0.05) is 12.1 Å². The number of carbonyl (C=O) groups is 1. The third kappa shape index (κ3) is 3.94. The zero-order valence-electron chi connectivity index (χ0n) is 11.1. The average molecular weight is 263 g/mol. The molecule has 0 unspecified atom stereocenters. The van der Waals surface area contributed by atoms with Gasteiger partial charge in [0.05, 0.1) is 24.6 Å². The van der Waals surface area contributed by atoms with Gasteiger partial charge in [-0.2, -0.15) is 0 Å². The van der Waals surface area contributed by atoms with Crippen molar-refractivity contribution in [2.24, 2.45) is 5.73 Å². The van der Waals surface area contributed by atoms with Crippen LogP contribution in [0.15, 0.2) is 24.3 Å². The van der Waals surface area contributed by atoms with Crippen LogP contribution in [0.3, 0.4) is 0 Å². The number of hydrogen-bond donors (Lipinski definition) is 2. The van der Waals surface area contributed by atoms with Crippen molar-refractivity contribution < 1.29 is 9.53 Å². The minimum atomic E-state index is 0.0196. The molecule has 1 saturated heterocycles. The molecule has 1 amide bonds. The summed E-state index contributed by atoms with van der Waals surface area (Å²) >= 11 is 0. The Morgan fingerprint density at radius 2 is 2.05 bits per heavy atom. The Morgan fingerprint density at radius 1 is 1.32 bits per heavy atom. The number of para-hydroxylation sites is 2. The number of benzene rings is 1. The first-order chi connectivity index (χ1) is 9.31. The summed E-state index contributed by atoms with van der Waals surface area (Å²) in [6.45, 7) is 3.72. The van der Waals surface area contributed by atoms with Crippen molar-refractivity contribution in [3.05, 3.63) is 24.3 Å². The summed E-state index contributed by atoms with van der Waals surface area (Å²) in [7, 11) is 0. The van der Waals surface area contributed by atoms with Gasteiger partial charge in [-0.15, -0.1) is 0 Å². The number of nitrogens with zero attached hydrogens (tertiary/aromatic N) is 1. The molecule has 0 radical (unpaired) electrons. The number of hydrogen-bond acceptors (Lipinski definition) is 4.